The Morgan fingerprint density at radius 3 is 1.98 bits per heavy atom. The Kier molecular flexibility index (Phi) is 29.5. The predicted molar refractivity (Wildman–Crippen MR) is 190 cm³/mol. The van der Waals surface area contributed by atoms with Gasteiger partial charge in [0.25, 0.3) is 0 Å². The van der Waals surface area contributed by atoms with Crippen LogP contribution >= 0.6 is 7.82 Å². The second-order valence-electron chi connectivity index (χ2n) is 12.1. The second kappa shape index (κ2) is 31.0. The van der Waals surface area contributed by atoms with Crippen molar-refractivity contribution < 1.29 is 43.0 Å². The molecule has 0 aliphatic carbocycles. The van der Waals surface area contributed by atoms with E-state index in [1.807, 2.05) is 55.5 Å². The summed E-state index contributed by atoms with van der Waals surface area (Å²) < 4.78 is 26.2. The minimum atomic E-state index is -4.77. The zero-order valence-corrected chi connectivity index (χ0v) is 30.1. The summed E-state index contributed by atoms with van der Waals surface area (Å²) >= 11 is 0. The van der Waals surface area contributed by atoms with Crippen LogP contribution < -0.4 is 0 Å². The average molecular weight is 683 g/mol. The molecule has 0 aliphatic rings. The molecule has 9 nitrogen and oxygen atoms in total. The minimum Gasteiger partial charge on any atom is -0.462 e. The molecule has 0 aliphatic heterocycles. The number of allylic oxidation sites excluding steroid dienone is 8. The van der Waals surface area contributed by atoms with Gasteiger partial charge >= 0.3 is 19.8 Å². The van der Waals surface area contributed by atoms with E-state index in [4.69, 9.17) is 19.3 Å². The third-order valence-corrected chi connectivity index (χ3v) is 7.54. The van der Waals surface area contributed by atoms with Crippen LogP contribution in [0.5, 0.6) is 0 Å². The lowest BCUT2D eigenvalue weighted by Gasteiger charge is -2.18. The first-order chi connectivity index (χ1) is 22.5. The van der Waals surface area contributed by atoms with Crippen LogP contribution in [0, 0.1) is 5.92 Å². The SMILES string of the molecule is CC/C=C\C(O)C/C=C/C=C\C/C=C\C/C=C\CCCC(=O)OC[C@H](COP(=O)(O)O)OC(=O)CCCCCCCCCCC(C)C. The van der Waals surface area contributed by atoms with Gasteiger partial charge in [-0.25, -0.2) is 4.57 Å². The molecule has 0 aromatic rings. The highest BCUT2D eigenvalue weighted by atomic mass is 31.2. The second-order valence-corrected chi connectivity index (χ2v) is 13.4. The van der Waals surface area contributed by atoms with Gasteiger partial charge < -0.3 is 24.4 Å². The molecule has 47 heavy (non-hydrogen) atoms. The summed E-state index contributed by atoms with van der Waals surface area (Å²) in [7, 11) is -4.77. The van der Waals surface area contributed by atoms with Crippen LogP contribution in [0.15, 0.2) is 60.8 Å². The molecule has 2 atom stereocenters. The summed E-state index contributed by atoms with van der Waals surface area (Å²) in [6, 6.07) is 0. The maximum absolute atomic E-state index is 12.3. The van der Waals surface area contributed by atoms with Crippen molar-refractivity contribution in [3.8, 4) is 0 Å². The molecule has 0 amide bonds. The molecule has 0 spiro atoms. The van der Waals surface area contributed by atoms with Gasteiger partial charge in [0.2, 0.25) is 0 Å². The van der Waals surface area contributed by atoms with E-state index in [0.29, 0.717) is 25.7 Å². The fourth-order valence-corrected chi connectivity index (χ4v) is 4.80. The van der Waals surface area contributed by atoms with E-state index < -0.39 is 38.6 Å². The number of aliphatic hydroxyl groups excluding tert-OH is 1. The molecule has 0 saturated carbocycles. The van der Waals surface area contributed by atoms with Crippen LogP contribution in [0.1, 0.15) is 130 Å². The molecule has 0 rings (SSSR count). The topological polar surface area (TPSA) is 140 Å². The zero-order chi connectivity index (χ0) is 35.0. The molecule has 270 valence electrons. The molecule has 0 fully saturated rings. The number of carbonyl (C=O) groups is 2. The number of esters is 2. The Labute approximate surface area is 284 Å². The summed E-state index contributed by atoms with van der Waals surface area (Å²) in [6.07, 6.45) is 33.1. The van der Waals surface area contributed by atoms with Gasteiger partial charge in [0.05, 0.1) is 12.7 Å². The number of phosphoric acid groups is 1. The van der Waals surface area contributed by atoms with Gasteiger partial charge in [-0.1, -0.05) is 133 Å². The van der Waals surface area contributed by atoms with Crippen molar-refractivity contribution in [3.63, 3.8) is 0 Å². The molecule has 0 saturated heterocycles. The van der Waals surface area contributed by atoms with Crippen LogP contribution in [0.3, 0.4) is 0 Å². The first kappa shape index (κ1) is 44.7. The number of aliphatic hydroxyl groups is 1. The lowest BCUT2D eigenvalue weighted by molar-refractivity contribution is -0.161. The van der Waals surface area contributed by atoms with Gasteiger partial charge in [-0.05, 0) is 50.9 Å². The van der Waals surface area contributed by atoms with Crippen molar-refractivity contribution in [2.45, 2.75) is 142 Å². The van der Waals surface area contributed by atoms with Crippen LogP contribution in [0.25, 0.3) is 0 Å². The van der Waals surface area contributed by atoms with Gasteiger partial charge in [-0.15, -0.1) is 0 Å². The van der Waals surface area contributed by atoms with E-state index in [1.165, 1.54) is 32.1 Å². The zero-order valence-electron chi connectivity index (χ0n) is 29.2. The maximum Gasteiger partial charge on any atom is 0.469 e. The highest BCUT2D eigenvalue weighted by Crippen LogP contribution is 2.35. The summed E-state index contributed by atoms with van der Waals surface area (Å²) in [5, 5.41) is 9.72. The Bertz CT molecular complexity index is 978. The molecular weight excluding hydrogens is 619 g/mol. The number of hydrogen-bond donors (Lipinski definition) is 3. The van der Waals surface area contributed by atoms with Gasteiger partial charge in [0, 0.05) is 12.8 Å². The first-order valence-electron chi connectivity index (χ1n) is 17.5. The van der Waals surface area contributed by atoms with Gasteiger partial charge in [-0.2, -0.15) is 0 Å². The number of hydrogen-bond acceptors (Lipinski definition) is 7. The minimum absolute atomic E-state index is 0.169. The van der Waals surface area contributed by atoms with E-state index in [1.54, 1.807) is 0 Å². The van der Waals surface area contributed by atoms with Crippen molar-refractivity contribution in [3.05, 3.63) is 60.8 Å². The predicted octanol–water partition coefficient (Wildman–Crippen LogP) is 9.00. The third kappa shape index (κ3) is 34.9. The van der Waals surface area contributed by atoms with E-state index in [2.05, 4.69) is 30.5 Å². The largest absolute Gasteiger partial charge is 0.469 e. The van der Waals surface area contributed by atoms with Gasteiger partial charge in [-0.3, -0.25) is 14.1 Å². The van der Waals surface area contributed by atoms with Crippen molar-refractivity contribution in [2.24, 2.45) is 5.92 Å². The molecule has 0 aromatic heterocycles. The van der Waals surface area contributed by atoms with Gasteiger partial charge in [0.15, 0.2) is 6.10 Å². The lowest BCUT2D eigenvalue weighted by atomic mass is 10.0. The fraction of sp³-hybridized carbons (Fsp3) is 0.676. The Hall–Kier alpha value is -2.29. The first-order valence-corrected chi connectivity index (χ1v) is 19.1. The van der Waals surface area contributed by atoms with Gasteiger partial charge in [0.1, 0.15) is 6.61 Å². The van der Waals surface area contributed by atoms with E-state index >= 15 is 0 Å². The van der Waals surface area contributed by atoms with Crippen molar-refractivity contribution >= 4 is 19.8 Å². The molecular formula is C37H63O9P. The standard InChI is InChI=1S/C37H63O9P/c1-4-5-27-34(38)28-23-19-15-10-8-6-7-9-11-16-20-24-29-36(39)44-31-35(32-45-47(41,42)43)46-37(40)30-25-21-17-13-12-14-18-22-26-33(2)3/h5-7,10-11,15-16,19,23,27,33-35,38H,4,8-9,12-14,17-18,20-22,24-26,28-32H2,1-3H3,(H2,41,42,43)/b7-6-,15-10-,16-11-,23-19+,27-5-/t34?,35-/m1/s1. The van der Waals surface area contributed by atoms with E-state index in [-0.39, 0.29) is 19.4 Å². The lowest BCUT2D eigenvalue weighted by Crippen LogP contribution is -2.29. The Balaban J connectivity index is 4.15. The van der Waals surface area contributed by atoms with E-state index in [0.717, 1.165) is 44.4 Å². The summed E-state index contributed by atoms with van der Waals surface area (Å²) in [4.78, 5) is 42.5. The summed E-state index contributed by atoms with van der Waals surface area (Å²) in [6.45, 7) is 5.63. The number of unbranched alkanes of at least 4 members (excludes halogenated alkanes) is 8. The normalized spacial score (nSPS) is 14.0. The number of carbonyl (C=O) groups excluding carboxylic acids is 2. The molecule has 10 heteroatoms. The van der Waals surface area contributed by atoms with Crippen LogP contribution in [-0.2, 0) is 28.2 Å². The Morgan fingerprint density at radius 2 is 1.32 bits per heavy atom. The fourth-order valence-electron chi connectivity index (χ4n) is 4.44. The molecule has 0 radical (unpaired) electrons. The Morgan fingerprint density at radius 1 is 0.723 bits per heavy atom. The number of ether oxygens (including phenoxy) is 2. The molecule has 0 aromatic carbocycles. The van der Waals surface area contributed by atoms with Crippen molar-refractivity contribution in [1.82, 2.24) is 0 Å². The highest BCUT2D eigenvalue weighted by molar-refractivity contribution is 7.46. The number of phosphoric ester groups is 1. The van der Waals surface area contributed by atoms with Crippen molar-refractivity contribution in [2.75, 3.05) is 13.2 Å². The maximum atomic E-state index is 12.3. The van der Waals surface area contributed by atoms with Crippen LogP contribution in [0.2, 0.25) is 0 Å². The summed E-state index contributed by atoms with van der Waals surface area (Å²) in [5.41, 5.74) is 0. The summed E-state index contributed by atoms with van der Waals surface area (Å²) in [5.74, 6) is -0.226. The van der Waals surface area contributed by atoms with Crippen LogP contribution in [-0.4, -0.2) is 52.3 Å². The van der Waals surface area contributed by atoms with E-state index in [9.17, 15) is 19.3 Å². The molecule has 1 unspecified atom stereocenters. The molecule has 3 N–H and O–H groups in total. The average Bonchev–Trinajstić information content (AvgIpc) is 3.01. The molecule has 0 heterocycles. The molecule has 0 bridgehead atoms. The van der Waals surface area contributed by atoms with Crippen molar-refractivity contribution in [1.29, 1.82) is 0 Å². The smallest absolute Gasteiger partial charge is 0.462 e. The monoisotopic (exact) mass is 682 g/mol. The highest BCUT2D eigenvalue weighted by Gasteiger charge is 2.22. The van der Waals surface area contributed by atoms with Crippen LogP contribution in [0.4, 0.5) is 0 Å². The number of rotatable bonds is 30. The quantitative estimate of drug-likeness (QED) is 0.0223. The third-order valence-electron chi connectivity index (χ3n) is 7.05.